The van der Waals surface area contributed by atoms with Crippen LogP contribution in [0.25, 0.3) is 21.9 Å². The Balaban J connectivity index is 0.00000320. The predicted octanol–water partition coefficient (Wildman–Crippen LogP) is 5.03. The van der Waals surface area contributed by atoms with Gasteiger partial charge in [-0.2, -0.15) is 0 Å². The maximum atomic E-state index is 13.3. The lowest BCUT2D eigenvalue weighted by atomic mass is 9.98. The van der Waals surface area contributed by atoms with Gasteiger partial charge in [0.2, 0.25) is 5.43 Å². The maximum Gasteiger partial charge on any atom is 0.204 e. The molecule has 0 bridgehead atoms. The average Bonchev–Trinajstić information content (AvgIpc) is 2.61. The molecule has 3 rings (SSSR count). The first kappa shape index (κ1) is 20.3. The number of phenols is 4. The van der Waals surface area contributed by atoms with Crippen molar-refractivity contribution in [1.29, 1.82) is 0 Å². The first-order valence-electron chi connectivity index (χ1n) is 9.26. The zero-order chi connectivity index (χ0) is 21.5. The Bertz CT molecular complexity index is 1240. The van der Waals surface area contributed by atoms with E-state index in [0.717, 1.165) is 17.2 Å². The Morgan fingerprint density at radius 3 is 1.93 bits per heavy atom. The largest absolute Gasteiger partial charge is 0.507 e. The van der Waals surface area contributed by atoms with Crippen molar-refractivity contribution in [2.45, 2.75) is 40.5 Å². The molecule has 2 aromatic carbocycles. The number of hydrogen-bond donors (Lipinski definition) is 4. The van der Waals surface area contributed by atoms with Gasteiger partial charge in [-0.1, -0.05) is 23.3 Å². The van der Waals surface area contributed by atoms with Gasteiger partial charge in [0.25, 0.3) is 0 Å². The number of phenolic OH excluding ortho intramolecular Hbond substituents is 4. The predicted molar refractivity (Wildman–Crippen MR) is 115 cm³/mol. The molecule has 6 nitrogen and oxygen atoms in total. The van der Waals surface area contributed by atoms with E-state index in [1.54, 1.807) is 0 Å². The van der Waals surface area contributed by atoms with Crippen LogP contribution in [-0.4, -0.2) is 20.4 Å². The fourth-order valence-electron chi connectivity index (χ4n) is 3.24. The number of hydrogen-bond acceptors (Lipinski definition) is 6. The van der Waals surface area contributed by atoms with Crippen LogP contribution in [-0.2, 0) is 12.8 Å². The number of fused-ring (bicyclic) bond motifs is 2. The summed E-state index contributed by atoms with van der Waals surface area (Å²) in [5.41, 5.74) is 1.93. The molecule has 0 radical (unpaired) electrons. The fourth-order valence-corrected chi connectivity index (χ4v) is 3.24. The van der Waals surface area contributed by atoms with Crippen LogP contribution in [0.2, 0.25) is 0 Å². The summed E-state index contributed by atoms with van der Waals surface area (Å²) in [6.07, 6.45) is 4.10. The van der Waals surface area contributed by atoms with Crippen LogP contribution >= 0.6 is 0 Å². The van der Waals surface area contributed by atoms with E-state index in [4.69, 9.17) is 4.42 Å². The first-order chi connectivity index (χ1) is 13.6. The maximum absolute atomic E-state index is 13.3. The van der Waals surface area contributed by atoms with Gasteiger partial charge in [0.15, 0.2) is 11.5 Å². The van der Waals surface area contributed by atoms with Gasteiger partial charge in [-0.15, -0.1) is 0 Å². The van der Waals surface area contributed by atoms with Crippen LogP contribution in [0.5, 0.6) is 23.0 Å². The normalized spacial score (nSPS) is 11.0. The Kier molecular flexibility index (Phi) is 5.29. The van der Waals surface area contributed by atoms with Crippen molar-refractivity contribution in [3.8, 4) is 23.0 Å². The third-order valence-corrected chi connectivity index (χ3v) is 4.79. The van der Waals surface area contributed by atoms with Gasteiger partial charge < -0.3 is 24.8 Å². The van der Waals surface area contributed by atoms with Crippen LogP contribution in [0.1, 0.15) is 40.2 Å². The van der Waals surface area contributed by atoms with Crippen molar-refractivity contribution in [2.24, 2.45) is 0 Å². The molecule has 4 N–H and O–H groups in total. The smallest absolute Gasteiger partial charge is 0.204 e. The quantitative estimate of drug-likeness (QED) is 0.279. The molecule has 1 aromatic heterocycles. The van der Waals surface area contributed by atoms with Crippen molar-refractivity contribution < 1.29 is 26.3 Å². The van der Waals surface area contributed by atoms with E-state index in [-0.39, 0.29) is 58.8 Å². The lowest BCUT2D eigenvalue weighted by Crippen LogP contribution is -2.07. The highest BCUT2D eigenvalue weighted by Gasteiger charge is 2.22. The van der Waals surface area contributed by atoms with E-state index in [2.05, 4.69) is 0 Å². The summed E-state index contributed by atoms with van der Waals surface area (Å²) >= 11 is 0. The highest BCUT2D eigenvalue weighted by Crippen LogP contribution is 2.40. The zero-order valence-electron chi connectivity index (χ0n) is 16.8. The van der Waals surface area contributed by atoms with Crippen molar-refractivity contribution in [2.75, 3.05) is 0 Å². The molecular weight excluding hydrogens is 372 g/mol. The number of allylic oxidation sites excluding steroid dienone is 4. The monoisotopic (exact) mass is 398 g/mol. The molecule has 154 valence electrons. The van der Waals surface area contributed by atoms with Crippen LogP contribution in [0.15, 0.2) is 44.6 Å². The summed E-state index contributed by atoms with van der Waals surface area (Å²) < 4.78 is 5.73. The third-order valence-electron chi connectivity index (χ3n) is 4.79. The topological polar surface area (TPSA) is 111 Å². The second kappa shape index (κ2) is 7.54. The van der Waals surface area contributed by atoms with Crippen LogP contribution in [0.3, 0.4) is 0 Å². The number of aromatic hydroxyl groups is 4. The van der Waals surface area contributed by atoms with Gasteiger partial charge in [0, 0.05) is 24.7 Å². The molecule has 0 spiro atoms. The van der Waals surface area contributed by atoms with Crippen molar-refractivity contribution >= 4 is 21.9 Å². The molecule has 29 heavy (non-hydrogen) atoms. The Morgan fingerprint density at radius 1 is 0.828 bits per heavy atom. The molecule has 3 aromatic rings. The van der Waals surface area contributed by atoms with Crippen molar-refractivity contribution in [3.63, 3.8) is 0 Å². The van der Waals surface area contributed by atoms with E-state index in [0.29, 0.717) is 0 Å². The summed E-state index contributed by atoms with van der Waals surface area (Å²) in [7, 11) is 0. The summed E-state index contributed by atoms with van der Waals surface area (Å²) in [5.74, 6) is -1.35. The van der Waals surface area contributed by atoms with E-state index in [1.165, 1.54) is 6.07 Å². The van der Waals surface area contributed by atoms with Gasteiger partial charge >= 0.3 is 0 Å². The average molecular weight is 398 g/mol. The highest BCUT2D eigenvalue weighted by molar-refractivity contribution is 5.97. The summed E-state index contributed by atoms with van der Waals surface area (Å²) in [4.78, 5) is 13.3. The number of benzene rings is 2. The minimum Gasteiger partial charge on any atom is -0.507 e. The standard InChI is InChI=1S/C23H24O6.H2/c1-11(2)5-7-13-15(24)9-18-20(22(13)27)23(28)19-14(8-6-12(3)4)21(26)16(25)10-17(19)29-18;/h5-6,9-10,24-27H,7-8H2,1-4H3;1H. The summed E-state index contributed by atoms with van der Waals surface area (Å²) in [5, 5.41) is 41.5. The molecule has 0 atom stereocenters. The van der Waals surface area contributed by atoms with Gasteiger partial charge in [-0.3, -0.25) is 4.79 Å². The van der Waals surface area contributed by atoms with Gasteiger partial charge in [0.05, 0.1) is 5.39 Å². The Hall–Kier alpha value is -3.41. The van der Waals surface area contributed by atoms with Crippen LogP contribution in [0.4, 0.5) is 0 Å². The summed E-state index contributed by atoms with van der Waals surface area (Å²) in [6.45, 7) is 7.54. The molecular formula is C23H26O6. The molecule has 0 aliphatic carbocycles. The molecule has 0 aliphatic heterocycles. The molecule has 0 fully saturated rings. The molecule has 1 heterocycles. The van der Waals surface area contributed by atoms with E-state index < -0.39 is 16.9 Å². The second-order valence-electron chi connectivity index (χ2n) is 7.59. The lowest BCUT2D eigenvalue weighted by molar-refractivity contribution is 0.400. The molecule has 0 aliphatic rings. The molecule has 0 saturated carbocycles. The van der Waals surface area contributed by atoms with Gasteiger partial charge in [-0.05, 0) is 40.5 Å². The summed E-state index contributed by atoms with van der Waals surface area (Å²) in [6, 6.07) is 2.44. The van der Waals surface area contributed by atoms with Crippen LogP contribution < -0.4 is 5.43 Å². The van der Waals surface area contributed by atoms with Crippen molar-refractivity contribution in [3.05, 3.63) is 56.8 Å². The minimum absolute atomic E-state index is 0. The molecule has 6 heteroatoms. The molecule has 0 unspecified atom stereocenters. The Morgan fingerprint density at radius 2 is 1.34 bits per heavy atom. The van der Waals surface area contributed by atoms with Crippen molar-refractivity contribution in [1.82, 2.24) is 0 Å². The third kappa shape index (κ3) is 3.66. The first-order valence-corrected chi connectivity index (χ1v) is 9.26. The zero-order valence-corrected chi connectivity index (χ0v) is 16.8. The molecule has 0 saturated heterocycles. The fraction of sp³-hybridized carbons (Fsp3) is 0.261. The van der Waals surface area contributed by atoms with Crippen LogP contribution in [0, 0.1) is 0 Å². The lowest BCUT2D eigenvalue weighted by Gasteiger charge is -2.12. The van der Waals surface area contributed by atoms with E-state index in [1.807, 2.05) is 39.8 Å². The van der Waals surface area contributed by atoms with E-state index >= 15 is 0 Å². The highest BCUT2D eigenvalue weighted by atomic mass is 16.3. The second-order valence-corrected chi connectivity index (χ2v) is 7.59. The minimum atomic E-state index is -0.537. The van der Waals surface area contributed by atoms with Gasteiger partial charge in [-0.25, -0.2) is 0 Å². The SMILES string of the molecule is CC(C)=CCc1c(O)cc2oc3cc(O)c(O)c(CC=C(C)C)c3c(=O)c2c1O.[HH]. The van der Waals surface area contributed by atoms with Gasteiger partial charge in [0.1, 0.15) is 28.1 Å². The molecule has 0 amide bonds. The Labute approximate surface area is 169 Å². The number of rotatable bonds is 4. The van der Waals surface area contributed by atoms with E-state index in [9.17, 15) is 25.2 Å².